The van der Waals surface area contributed by atoms with Crippen LogP contribution in [-0.4, -0.2) is 41.0 Å². The molecule has 1 amide bonds. The van der Waals surface area contributed by atoms with Crippen LogP contribution in [0, 0.1) is 5.92 Å². The maximum Gasteiger partial charge on any atom is 0.287 e. The van der Waals surface area contributed by atoms with Gasteiger partial charge in [0, 0.05) is 34.8 Å². The third-order valence-corrected chi connectivity index (χ3v) is 6.95. The number of furan rings is 1. The van der Waals surface area contributed by atoms with Gasteiger partial charge in [0.05, 0.1) is 0 Å². The first-order chi connectivity index (χ1) is 13.7. The Morgan fingerprint density at radius 1 is 1.21 bits per heavy atom. The van der Waals surface area contributed by atoms with Gasteiger partial charge in [-0.3, -0.25) is 9.69 Å². The molecule has 0 spiro atoms. The number of amides is 1. The molecule has 2 atom stereocenters. The molecular formula is C22H23N3O2S. The van der Waals surface area contributed by atoms with E-state index in [1.54, 1.807) is 23.6 Å². The van der Waals surface area contributed by atoms with Crippen LogP contribution in [0.3, 0.4) is 0 Å². The van der Waals surface area contributed by atoms with Gasteiger partial charge >= 0.3 is 0 Å². The van der Waals surface area contributed by atoms with Crippen LogP contribution < -0.4 is 5.32 Å². The van der Waals surface area contributed by atoms with E-state index in [0.29, 0.717) is 23.5 Å². The van der Waals surface area contributed by atoms with Crippen LogP contribution in [0.2, 0.25) is 0 Å². The zero-order chi connectivity index (χ0) is 19.1. The van der Waals surface area contributed by atoms with Crippen LogP contribution in [0.1, 0.15) is 30.3 Å². The molecule has 1 N–H and O–H groups in total. The zero-order valence-electron chi connectivity index (χ0n) is 15.8. The first kappa shape index (κ1) is 17.6. The molecule has 2 bridgehead atoms. The van der Waals surface area contributed by atoms with E-state index < -0.39 is 0 Å². The van der Waals surface area contributed by atoms with Gasteiger partial charge in [-0.2, -0.15) is 0 Å². The number of nitrogens with zero attached hydrogens (tertiary/aromatic N) is 2. The quantitative estimate of drug-likeness (QED) is 0.719. The van der Waals surface area contributed by atoms with E-state index in [9.17, 15) is 4.79 Å². The van der Waals surface area contributed by atoms with E-state index in [4.69, 9.17) is 4.42 Å². The summed E-state index contributed by atoms with van der Waals surface area (Å²) in [6.45, 7) is 4.52. The molecule has 0 aliphatic carbocycles. The van der Waals surface area contributed by atoms with E-state index in [-0.39, 0.29) is 11.9 Å². The largest absolute Gasteiger partial charge is 0.451 e. The van der Waals surface area contributed by atoms with Crippen LogP contribution in [-0.2, 0) is 0 Å². The predicted octanol–water partition coefficient (Wildman–Crippen LogP) is 4.28. The monoisotopic (exact) mass is 393 g/mol. The fourth-order valence-corrected chi connectivity index (χ4v) is 5.19. The Morgan fingerprint density at radius 3 is 2.79 bits per heavy atom. The number of piperidine rings is 3. The SMILES string of the molecule is CC1C(NC(=O)c2ccc(-c3cccc(-c4nccs4)c3)o2)C2CCN1CC2. The molecule has 3 saturated heterocycles. The zero-order valence-corrected chi connectivity index (χ0v) is 16.6. The molecule has 6 heteroatoms. The number of thiazole rings is 1. The molecule has 3 fully saturated rings. The molecule has 3 aliphatic rings. The summed E-state index contributed by atoms with van der Waals surface area (Å²) in [6, 6.07) is 12.3. The second-order valence-electron chi connectivity index (χ2n) is 7.70. The normalized spacial score (nSPS) is 26.3. The summed E-state index contributed by atoms with van der Waals surface area (Å²) in [5.74, 6) is 1.53. The maximum atomic E-state index is 12.8. The first-order valence-electron chi connectivity index (χ1n) is 9.84. The topological polar surface area (TPSA) is 58.4 Å². The Kier molecular flexibility index (Phi) is 4.53. The summed E-state index contributed by atoms with van der Waals surface area (Å²) in [5, 5.41) is 6.17. The van der Waals surface area contributed by atoms with Gasteiger partial charge in [0.1, 0.15) is 10.8 Å². The summed E-state index contributed by atoms with van der Waals surface area (Å²) in [7, 11) is 0. The van der Waals surface area contributed by atoms with Gasteiger partial charge in [-0.05, 0) is 57.0 Å². The molecule has 5 heterocycles. The molecule has 0 radical (unpaired) electrons. The van der Waals surface area contributed by atoms with Crippen LogP contribution >= 0.6 is 11.3 Å². The number of carbonyl (C=O) groups excluding carboxylic acids is 1. The van der Waals surface area contributed by atoms with Gasteiger partial charge in [-0.1, -0.05) is 18.2 Å². The second kappa shape index (κ2) is 7.18. The Morgan fingerprint density at radius 2 is 2.04 bits per heavy atom. The van der Waals surface area contributed by atoms with Crippen molar-refractivity contribution in [1.29, 1.82) is 0 Å². The molecule has 6 rings (SSSR count). The van der Waals surface area contributed by atoms with E-state index >= 15 is 0 Å². The third kappa shape index (κ3) is 3.16. The van der Waals surface area contributed by atoms with Crippen molar-refractivity contribution >= 4 is 17.2 Å². The third-order valence-electron chi connectivity index (χ3n) is 6.13. The fourth-order valence-electron chi connectivity index (χ4n) is 4.55. The van der Waals surface area contributed by atoms with Crippen LogP contribution in [0.25, 0.3) is 21.9 Å². The lowest BCUT2D eigenvalue weighted by Gasteiger charge is -2.49. The average Bonchev–Trinajstić information content (AvgIpc) is 3.43. The smallest absolute Gasteiger partial charge is 0.287 e. The lowest BCUT2D eigenvalue weighted by Crippen LogP contribution is -2.62. The summed E-state index contributed by atoms with van der Waals surface area (Å²) in [5.41, 5.74) is 2.00. The number of aromatic nitrogens is 1. The number of hydrogen-bond donors (Lipinski definition) is 1. The van der Waals surface area contributed by atoms with Crippen molar-refractivity contribution in [3.8, 4) is 21.9 Å². The van der Waals surface area contributed by atoms with E-state index in [1.807, 2.05) is 29.6 Å². The van der Waals surface area contributed by atoms with E-state index in [0.717, 1.165) is 29.2 Å². The highest BCUT2D eigenvalue weighted by molar-refractivity contribution is 7.13. The summed E-state index contributed by atoms with van der Waals surface area (Å²) in [6.07, 6.45) is 4.14. The molecule has 3 aromatic rings. The van der Waals surface area contributed by atoms with Crippen molar-refractivity contribution in [2.45, 2.75) is 31.8 Å². The molecule has 2 unspecified atom stereocenters. The number of hydrogen-bond acceptors (Lipinski definition) is 5. The molecule has 5 nitrogen and oxygen atoms in total. The molecule has 1 aromatic carbocycles. The number of carbonyl (C=O) groups is 1. The fraction of sp³-hybridized carbons (Fsp3) is 0.364. The summed E-state index contributed by atoms with van der Waals surface area (Å²) < 4.78 is 5.92. The Balaban J connectivity index is 1.34. The molecule has 0 saturated carbocycles. The van der Waals surface area contributed by atoms with E-state index in [2.05, 4.69) is 28.2 Å². The van der Waals surface area contributed by atoms with Gasteiger partial charge in [0.2, 0.25) is 0 Å². The van der Waals surface area contributed by atoms with Crippen molar-refractivity contribution in [1.82, 2.24) is 15.2 Å². The van der Waals surface area contributed by atoms with Crippen molar-refractivity contribution in [2.24, 2.45) is 5.92 Å². The van der Waals surface area contributed by atoms with Crippen LogP contribution in [0.5, 0.6) is 0 Å². The van der Waals surface area contributed by atoms with Gasteiger partial charge < -0.3 is 9.73 Å². The maximum absolute atomic E-state index is 12.8. The average molecular weight is 394 g/mol. The Bertz CT molecular complexity index is 971. The minimum atomic E-state index is -0.118. The molecule has 144 valence electrons. The lowest BCUT2D eigenvalue weighted by molar-refractivity contribution is 0.0211. The first-order valence-corrected chi connectivity index (χ1v) is 10.7. The summed E-state index contributed by atoms with van der Waals surface area (Å²) in [4.78, 5) is 19.6. The van der Waals surface area contributed by atoms with Crippen molar-refractivity contribution in [2.75, 3.05) is 13.1 Å². The number of benzene rings is 1. The van der Waals surface area contributed by atoms with Gasteiger partial charge in [-0.15, -0.1) is 11.3 Å². The predicted molar refractivity (Wildman–Crippen MR) is 110 cm³/mol. The molecule has 3 aliphatic heterocycles. The molecular weight excluding hydrogens is 370 g/mol. The summed E-state index contributed by atoms with van der Waals surface area (Å²) >= 11 is 1.61. The Labute approximate surface area is 168 Å². The lowest BCUT2D eigenvalue weighted by atomic mass is 9.79. The van der Waals surface area contributed by atoms with Crippen LogP contribution in [0.15, 0.2) is 52.4 Å². The van der Waals surface area contributed by atoms with Crippen molar-refractivity contribution < 1.29 is 9.21 Å². The van der Waals surface area contributed by atoms with Gasteiger partial charge in [0.15, 0.2) is 5.76 Å². The van der Waals surface area contributed by atoms with Crippen molar-refractivity contribution in [3.63, 3.8) is 0 Å². The highest BCUT2D eigenvalue weighted by Gasteiger charge is 2.40. The Hall–Kier alpha value is -2.44. The number of nitrogens with one attached hydrogen (secondary N) is 1. The number of rotatable bonds is 4. The highest BCUT2D eigenvalue weighted by atomic mass is 32.1. The number of fused-ring (bicyclic) bond motifs is 3. The standard InChI is InChI=1S/C22H23N3O2S/c1-14-20(15-7-10-25(14)11-8-15)24-21(26)19-6-5-18(27-19)16-3-2-4-17(13-16)22-23-9-12-28-22/h2-6,9,12-15,20H,7-8,10-11H2,1H3,(H,24,26). The second-order valence-corrected chi connectivity index (χ2v) is 8.59. The minimum Gasteiger partial charge on any atom is -0.451 e. The van der Waals surface area contributed by atoms with Crippen LogP contribution in [0.4, 0.5) is 0 Å². The van der Waals surface area contributed by atoms with Gasteiger partial charge in [0.25, 0.3) is 5.91 Å². The highest BCUT2D eigenvalue weighted by Crippen LogP contribution is 2.33. The van der Waals surface area contributed by atoms with Gasteiger partial charge in [-0.25, -0.2) is 4.98 Å². The molecule has 2 aromatic heterocycles. The van der Waals surface area contributed by atoms with E-state index in [1.165, 1.54) is 12.8 Å². The minimum absolute atomic E-state index is 0.118. The molecule has 28 heavy (non-hydrogen) atoms. The van der Waals surface area contributed by atoms with Crippen molar-refractivity contribution in [3.05, 3.63) is 53.7 Å².